The summed E-state index contributed by atoms with van der Waals surface area (Å²) in [6.07, 6.45) is 3.50. The first-order chi connectivity index (χ1) is 15.0. The van der Waals surface area contributed by atoms with Crippen molar-refractivity contribution in [1.29, 1.82) is 0 Å². The molecule has 0 unspecified atom stereocenters. The van der Waals surface area contributed by atoms with Crippen molar-refractivity contribution in [3.05, 3.63) is 87.4 Å². The van der Waals surface area contributed by atoms with Crippen molar-refractivity contribution < 1.29 is 14.3 Å². The topological polar surface area (TPSA) is 60.5 Å². The van der Waals surface area contributed by atoms with E-state index in [0.29, 0.717) is 19.8 Å². The molecule has 0 aliphatic rings. The number of hydrogen-bond donors (Lipinski definition) is 1. The van der Waals surface area contributed by atoms with Crippen molar-refractivity contribution in [3.63, 3.8) is 0 Å². The normalized spacial score (nSPS) is 11.2. The molecule has 1 N–H and O–H groups in total. The van der Waals surface area contributed by atoms with Crippen LogP contribution >= 0.6 is 11.3 Å². The number of aryl methyl sites for hydroxylation is 1. The van der Waals surface area contributed by atoms with E-state index in [2.05, 4.69) is 16.4 Å². The zero-order valence-electron chi connectivity index (χ0n) is 18.1. The highest BCUT2D eigenvalue weighted by Crippen LogP contribution is 2.17. The van der Waals surface area contributed by atoms with Gasteiger partial charge in [-0.3, -0.25) is 4.79 Å². The van der Waals surface area contributed by atoms with Crippen LogP contribution in [0.1, 0.15) is 41.2 Å². The zero-order valence-corrected chi connectivity index (χ0v) is 18.9. The number of benzene rings is 2. The second-order valence-corrected chi connectivity index (χ2v) is 8.51. The molecule has 3 rings (SSSR count). The lowest BCUT2D eigenvalue weighted by molar-refractivity contribution is -0.116. The number of carbonyl (C=O) groups excluding carboxylic acids is 1. The third-order valence-electron chi connectivity index (χ3n) is 4.38. The number of nitrogens with zero attached hydrogens (tertiary/aromatic N) is 1. The van der Waals surface area contributed by atoms with Crippen LogP contribution in [0.25, 0.3) is 6.08 Å². The lowest BCUT2D eigenvalue weighted by Gasteiger charge is -2.09. The van der Waals surface area contributed by atoms with Crippen LogP contribution in [-0.2, 0) is 29.3 Å². The van der Waals surface area contributed by atoms with Gasteiger partial charge in [-0.15, -0.1) is 11.3 Å². The molecule has 0 bridgehead atoms. The average Bonchev–Trinajstić information content (AvgIpc) is 3.19. The summed E-state index contributed by atoms with van der Waals surface area (Å²) in [5, 5.41) is 5.94. The zero-order chi connectivity index (χ0) is 22.1. The van der Waals surface area contributed by atoms with Gasteiger partial charge in [0, 0.05) is 18.0 Å². The number of ether oxygens (including phenoxy) is 2. The summed E-state index contributed by atoms with van der Waals surface area (Å²) in [7, 11) is 0. The minimum absolute atomic E-state index is 0.145. The number of aromatic nitrogens is 1. The largest absolute Gasteiger partial charge is 0.487 e. The fourth-order valence-electron chi connectivity index (χ4n) is 2.85. The van der Waals surface area contributed by atoms with Gasteiger partial charge in [0.15, 0.2) is 0 Å². The molecule has 0 atom stereocenters. The summed E-state index contributed by atoms with van der Waals surface area (Å²) in [6, 6.07) is 15.7. The molecule has 0 radical (unpaired) electrons. The van der Waals surface area contributed by atoms with Crippen LogP contribution in [0.4, 0.5) is 0 Å². The van der Waals surface area contributed by atoms with E-state index in [0.717, 1.165) is 33.1 Å². The summed E-state index contributed by atoms with van der Waals surface area (Å²) >= 11 is 1.61. The number of rotatable bonds is 10. The predicted octanol–water partition coefficient (Wildman–Crippen LogP) is 5.29. The van der Waals surface area contributed by atoms with Crippen molar-refractivity contribution in [3.8, 4) is 5.75 Å². The molecule has 5 nitrogen and oxygen atoms in total. The summed E-state index contributed by atoms with van der Waals surface area (Å²) in [5.41, 5.74) is 3.96. The Morgan fingerprint density at radius 1 is 1.13 bits per heavy atom. The molecule has 0 spiro atoms. The number of nitrogens with one attached hydrogen (secondary N) is 1. The summed E-state index contributed by atoms with van der Waals surface area (Å²) in [5.74, 6) is 0.599. The molecule has 1 amide bonds. The Bertz CT molecular complexity index is 1030. The molecule has 0 aliphatic heterocycles. The Balaban J connectivity index is 1.49. The van der Waals surface area contributed by atoms with Crippen LogP contribution in [0.2, 0.25) is 0 Å². The number of amides is 1. The van der Waals surface area contributed by atoms with E-state index < -0.39 is 0 Å². The second kappa shape index (κ2) is 11.4. The molecule has 31 heavy (non-hydrogen) atoms. The lowest BCUT2D eigenvalue weighted by Crippen LogP contribution is -2.20. The standard InChI is InChI=1S/C25H28N2O3S/c1-18(2)29-15-22-8-4-7-21(12-22)14-26-25(28)11-10-20-6-5-9-24(13-20)30-16-23-17-31-19(3)27-23/h4-13,17-18H,14-16H2,1-3H3,(H,26,28). The second-order valence-electron chi connectivity index (χ2n) is 7.45. The van der Waals surface area contributed by atoms with E-state index in [9.17, 15) is 4.79 Å². The molecule has 0 aliphatic carbocycles. The minimum atomic E-state index is -0.145. The van der Waals surface area contributed by atoms with Crippen LogP contribution in [0.15, 0.2) is 60.0 Å². The number of thiazole rings is 1. The SMILES string of the molecule is Cc1nc(COc2cccc(C=CC(=O)NCc3cccc(COC(C)C)c3)c2)cs1. The van der Waals surface area contributed by atoms with Gasteiger partial charge in [-0.25, -0.2) is 4.98 Å². The van der Waals surface area contributed by atoms with E-state index >= 15 is 0 Å². The van der Waals surface area contributed by atoms with Gasteiger partial charge >= 0.3 is 0 Å². The highest BCUT2D eigenvalue weighted by molar-refractivity contribution is 7.09. The predicted molar refractivity (Wildman–Crippen MR) is 125 cm³/mol. The molecule has 2 aromatic carbocycles. The summed E-state index contributed by atoms with van der Waals surface area (Å²) < 4.78 is 11.4. The first-order valence-electron chi connectivity index (χ1n) is 10.3. The van der Waals surface area contributed by atoms with Crippen LogP contribution < -0.4 is 10.1 Å². The highest BCUT2D eigenvalue weighted by Gasteiger charge is 2.02. The van der Waals surface area contributed by atoms with Crippen molar-refractivity contribution in [2.75, 3.05) is 0 Å². The van der Waals surface area contributed by atoms with E-state index in [-0.39, 0.29) is 12.0 Å². The van der Waals surface area contributed by atoms with Crippen molar-refractivity contribution in [2.45, 2.75) is 46.6 Å². The van der Waals surface area contributed by atoms with Gasteiger partial charge in [0.25, 0.3) is 0 Å². The summed E-state index contributed by atoms with van der Waals surface area (Å²) in [4.78, 5) is 16.6. The Morgan fingerprint density at radius 3 is 2.71 bits per heavy atom. The van der Waals surface area contributed by atoms with Crippen molar-refractivity contribution in [2.24, 2.45) is 0 Å². The maximum Gasteiger partial charge on any atom is 0.244 e. The van der Waals surface area contributed by atoms with E-state index in [1.165, 1.54) is 6.08 Å². The maximum absolute atomic E-state index is 12.2. The smallest absolute Gasteiger partial charge is 0.244 e. The fraction of sp³-hybridized carbons (Fsp3) is 0.280. The van der Waals surface area contributed by atoms with Gasteiger partial charge in [0.05, 0.1) is 23.4 Å². The summed E-state index contributed by atoms with van der Waals surface area (Å²) in [6.45, 7) is 7.47. The van der Waals surface area contributed by atoms with Gasteiger partial charge in [-0.2, -0.15) is 0 Å². The first-order valence-corrected chi connectivity index (χ1v) is 11.1. The Morgan fingerprint density at radius 2 is 1.94 bits per heavy atom. The van der Waals surface area contributed by atoms with Crippen molar-refractivity contribution in [1.82, 2.24) is 10.3 Å². The van der Waals surface area contributed by atoms with E-state index in [1.54, 1.807) is 17.4 Å². The first kappa shape index (κ1) is 22.7. The molecular formula is C25H28N2O3S. The van der Waals surface area contributed by atoms with Crippen molar-refractivity contribution >= 4 is 23.3 Å². The fourth-order valence-corrected chi connectivity index (χ4v) is 3.45. The molecule has 0 saturated carbocycles. The highest BCUT2D eigenvalue weighted by atomic mass is 32.1. The molecule has 162 valence electrons. The van der Waals surface area contributed by atoms with Gasteiger partial charge in [0.1, 0.15) is 12.4 Å². The van der Waals surface area contributed by atoms with Gasteiger partial charge < -0.3 is 14.8 Å². The van der Waals surface area contributed by atoms with Crippen LogP contribution in [0.3, 0.4) is 0 Å². The minimum Gasteiger partial charge on any atom is -0.487 e. The van der Waals surface area contributed by atoms with E-state index in [1.807, 2.05) is 68.6 Å². The van der Waals surface area contributed by atoms with E-state index in [4.69, 9.17) is 9.47 Å². The van der Waals surface area contributed by atoms with Gasteiger partial charge in [-0.1, -0.05) is 36.4 Å². The molecule has 0 saturated heterocycles. The molecular weight excluding hydrogens is 408 g/mol. The Hall–Kier alpha value is -2.96. The molecule has 3 aromatic rings. The number of carbonyl (C=O) groups is 1. The molecule has 1 heterocycles. The number of hydrogen-bond acceptors (Lipinski definition) is 5. The van der Waals surface area contributed by atoms with Crippen LogP contribution in [0.5, 0.6) is 5.75 Å². The maximum atomic E-state index is 12.2. The Labute approximate surface area is 187 Å². The molecule has 0 fully saturated rings. The Kier molecular flexibility index (Phi) is 8.38. The third kappa shape index (κ3) is 8.00. The van der Waals surface area contributed by atoms with Crippen LogP contribution in [-0.4, -0.2) is 17.0 Å². The van der Waals surface area contributed by atoms with Gasteiger partial charge in [-0.05, 0) is 55.7 Å². The lowest BCUT2D eigenvalue weighted by atomic mass is 10.1. The quantitative estimate of drug-likeness (QED) is 0.439. The molecule has 6 heteroatoms. The van der Waals surface area contributed by atoms with Gasteiger partial charge in [0.2, 0.25) is 5.91 Å². The van der Waals surface area contributed by atoms with Crippen LogP contribution in [0, 0.1) is 6.92 Å². The monoisotopic (exact) mass is 436 g/mol. The molecule has 1 aromatic heterocycles. The third-order valence-corrected chi connectivity index (χ3v) is 5.20. The average molecular weight is 437 g/mol.